The molecule has 17 heavy (non-hydrogen) atoms. The van der Waals surface area contributed by atoms with Crippen LogP contribution in [0.25, 0.3) is 5.57 Å². The number of pyridine rings is 1. The molecule has 0 amide bonds. The summed E-state index contributed by atoms with van der Waals surface area (Å²) in [6.45, 7) is 16.2. The molecule has 1 aromatic rings. The predicted octanol–water partition coefficient (Wildman–Crippen LogP) is 3.98. The average Bonchev–Trinajstić information content (AvgIpc) is 2.24. The second-order valence-electron chi connectivity index (χ2n) is 5.93. The summed E-state index contributed by atoms with van der Waals surface area (Å²) in [5, 5.41) is 3.52. The fourth-order valence-corrected chi connectivity index (χ4v) is 2.38. The Morgan fingerprint density at radius 3 is 2.65 bits per heavy atom. The van der Waals surface area contributed by atoms with E-state index in [0.29, 0.717) is 5.92 Å². The van der Waals surface area contributed by atoms with Crippen LogP contribution < -0.4 is 5.32 Å². The molecule has 0 bridgehead atoms. The molecule has 0 spiro atoms. The number of hydrogen-bond donors (Lipinski definition) is 1. The number of rotatable bonds is 1. The van der Waals surface area contributed by atoms with E-state index in [-0.39, 0.29) is 5.41 Å². The van der Waals surface area contributed by atoms with Crippen LogP contribution in [0.5, 0.6) is 0 Å². The van der Waals surface area contributed by atoms with Crippen molar-refractivity contribution in [3.63, 3.8) is 0 Å². The zero-order chi connectivity index (χ0) is 12.8. The minimum atomic E-state index is 0.0891. The van der Waals surface area contributed by atoms with Gasteiger partial charge in [0, 0.05) is 18.2 Å². The van der Waals surface area contributed by atoms with E-state index in [0.717, 1.165) is 17.8 Å². The molecule has 0 saturated heterocycles. The fraction of sp³-hybridized carbons (Fsp3) is 0.533. The number of nitrogens with zero attached hydrogens (tertiary/aromatic N) is 1. The summed E-state index contributed by atoms with van der Waals surface area (Å²) < 4.78 is 0. The largest absolute Gasteiger partial charge is 0.382 e. The molecule has 0 radical (unpaired) electrons. The van der Waals surface area contributed by atoms with Crippen LogP contribution in [-0.4, -0.2) is 11.5 Å². The molecule has 1 aromatic heterocycles. The quantitative estimate of drug-likeness (QED) is 0.789. The molecular weight excluding hydrogens is 208 g/mol. The van der Waals surface area contributed by atoms with E-state index in [9.17, 15) is 0 Å². The highest BCUT2D eigenvalue weighted by Gasteiger charge is 2.31. The molecule has 2 heterocycles. The minimum absolute atomic E-state index is 0.0891. The lowest BCUT2D eigenvalue weighted by Gasteiger charge is -2.35. The summed E-state index contributed by atoms with van der Waals surface area (Å²) in [4.78, 5) is 4.62. The molecule has 0 aliphatic carbocycles. The Bertz CT molecular complexity index is 470. The zero-order valence-electron chi connectivity index (χ0n) is 11.5. The smallest absolute Gasteiger partial charge is 0.0896 e. The van der Waals surface area contributed by atoms with Crippen LogP contribution in [0.15, 0.2) is 12.8 Å². The molecule has 92 valence electrons. The summed E-state index contributed by atoms with van der Waals surface area (Å²) in [5.41, 5.74) is 6.10. The van der Waals surface area contributed by atoms with Gasteiger partial charge in [0.25, 0.3) is 0 Å². The van der Waals surface area contributed by atoms with Crippen molar-refractivity contribution >= 4 is 11.3 Å². The molecule has 2 rings (SSSR count). The van der Waals surface area contributed by atoms with Gasteiger partial charge < -0.3 is 5.32 Å². The molecule has 1 aliphatic rings. The van der Waals surface area contributed by atoms with E-state index in [1.165, 1.54) is 16.8 Å². The Balaban J connectivity index is 2.57. The Kier molecular flexibility index (Phi) is 2.76. The van der Waals surface area contributed by atoms with Crippen LogP contribution in [0, 0.1) is 12.3 Å². The number of aromatic nitrogens is 1. The van der Waals surface area contributed by atoms with Crippen molar-refractivity contribution in [2.24, 2.45) is 5.41 Å². The summed E-state index contributed by atoms with van der Waals surface area (Å²) in [7, 11) is 0. The summed E-state index contributed by atoms with van der Waals surface area (Å²) in [6.07, 6.45) is 2.01. The van der Waals surface area contributed by atoms with Crippen LogP contribution in [0.4, 0.5) is 5.69 Å². The molecule has 0 aromatic carbocycles. The Morgan fingerprint density at radius 2 is 2.06 bits per heavy atom. The van der Waals surface area contributed by atoms with Gasteiger partial charge in [-0.3, -0.25) is 4.98 Å². The van der Waals surface area contributed by atoms with E-state index >= 15 is 0 Å². The molecule has 0 unspecified atom stereocenters. The third kappa shape index (κ3) is 1.86. The number of fused-ring (bicyclic) bond motifs is 1. The van der Waals surface area contributed by atoms with Crippen LogP contribution >= 0.6 is 0 Å². The zero-order valence-corrected chi connectivity index (χ0v) is 11.5. The SMILES string of the molecule is C=C1c2ncc(C(C)C)c(C)c2NCC1(C)C. The molecule has 0 atom stereocenters. The average molecular weight is 230 g/mol. The van der Waals surface area contributed by atoms with E-state index in [1.54, 1.807) is 0 Å². The first-order valence-electron chi connectivity index (χ1n) is 6.27. The van der Waals surface area contributed by atoms with E-state index < -0.39 is 0 Å². The van der Waals surface area contributed by atoms with Gasteiger partial charge in [-0.1, -0.05) is 34.3 Å². The van der Waals surface area contributed by atoms with Gasteiger partial charge in [-0.25, -0.2) is 0 Å². The molecule has 2 heteroatoms. The normalized spacial score (nSPS) is 17.9. The maximum Gasteiger partial charge on any atom is 0.0896 e. The van der Waals surface area contributed by atoms with Crippen molar-refractivity contribution in [3.8, 4) is 0 Å². The monoisotopic (exact) mass is 230 g/mol. The van der Waals surface area contributed by atoms with Crippen LogP contribution in [0.1, 0.15) is 50.4 Å². The van der Waals surface area contributed by atoms with E-state index in [1.807, 2.05) is 6.20 Å². The maximum absolute atomic E-state index is 4.62. The van der Waals surface area contributed by atoms with Gasteiger partial charge in [0.05, 0.1) is 11.4 Å². The van der Waals surface area contributed by atoms with Gasteiger partial charge in [-0.15, -0.1) is 0 Å². The van der Waals surface area contributed by atoms with Crippen LogP contribution in [-0.2, 0) is 0 Å². The number of nitrogens with one attached hydrogen (secondary N) is 1. The van der Waals surface area contributed by atoms with Crippen molar-refractivity contribution < 1.29 is 0 Å². The Hall–Kier alpha value is -1.31. The highest BCUT2D eigenvalue weighted by atomic mass is 14.9. The molecule has 2 nitrogen and oxygen atoms in total. The van der Waals surface area contributed by atoms with Crippen LogP contribution in [0.2, 0.25) is 0 Å². The van der Waals surface area contributed by atoms with Gasteiger partial charge in [-0.2, -0.15) is 0 Å². The van der Waals surface area contributed by atoms with Gasteiger partial charge in [0.15, 0.2) is 0 Å². The maximum atomic E-state index is 4.62. The second kappa shape index (κ2) is 3.86. The van der Waals surface area contributed by atoms with Gasteiger partial charge >= 0.3 is 0 Å². The molecule has 0 fully saturated rings. The highest BCUT2D eigenvalue weighted by Crippen LogP contribution is 2.42. The van der Waals surface area contributed by atoms with Crippen molar-refractivity contribution in [2.45, 2.75) is 40.5 Å². The summed E-state index contributed by atoms with van der Waals surface area (Å²) >= 11 is 0. The lowest BCUT2D eigenvalue weighted by Crippen LogP contribution is -2.30. The minimum Gasteiger partial charge on any atom is -0.382 e. The third-order valence-corrected chi connectivity index (χ3v) is 3.81. The summed E-state index contributed by atoms with van der Waals surface area (Å²) in [6, 6.07) is 0. The van der Waals surface area contributed by atoms with Crippen molar-refractivity contribution in [1.29, 1.82) is 0 Å². The molecule has 1 aliphatic heterocycles. The molecule has 1 N–H and O–H groups in total. The molecular formula is C15H22N2. The Morgan fingerprint density at radius 1 is 1.41 bits per heavy atom. The lowest BCUT2D eigenvalue weighted by atomic mass is 9.79. The third-order valence-electron chi connectivity index (χ3n) is 3.81. The topological polar surface area (TPSA) is 24.9 Å². The van der Waals surface area contributed by atoms with Crippen molar-refractivity contribution in [1.82, 2.24) is 4.98 Å². The fourth-order valence-electron chi connectivity index (χ4n) is 2.38. The number of anilines is 1. The second-order valence-corrected chi connectivity index (χ2v) is 5.93. The standard InChI is InChI=1S/C15H22N2/c1-9(2)12-7-16-14-11(4)15(5,6)8-17-13(14)10(12)3/h7,9,17H,4,8H2,1-3,5-6H3. The van der Waals surface area contributed by atoms with Crippen LogP contribution in [0.3, 0.4) is 0 Å². The number of hydrogen-bond acceptors (Lipinski definition) is 2. The first-order chi connectivity index (χ1) is 7.84. The Labute approximate surface area is 104 Å². The lowest BCUT2D eigenvalue weighted by molar-refractivity contribution is 0.523. The molecule has 0 saturated carbocycles. The van der Waals surface area contributed by atoms with Crippen molar-refractivity contribution in [2.75, 3.05) is 11.9 Å². The van der Waals surface area contributed by atoms with E-state index in [4.69, 9.17) is 0 Å². The van der Waals surface area contributed by atoms with Gasteiger partial charge in [0.1, 0.15) is 0 Å². The predicted molar refractivity (Wildman–Crippen MR) is 74.4 cm³/mol. The highest BCUT2D eigenvalue weighted by molar-refractivity contribution is 5.80. The van der Waals surface area contributed by atoms with E-state index in [2.05, 4.69) is 51.5 Å². The van der Waals surface area contributed by atoms with Gasteiger partial charge in [0.2, 0.25) is 0 Å². The first-order valence-corrected chi connectivity index (χ1v) is 6.27. The van der Waals surface area contributed by atoms with Crippen molar-refractivity contribution in [3.05, 3.63) is 29.6 Å². The van der Waals surface area contributed by atoms with Gasteiger partial charge in [-0.05, 0) is 29.5 Å². The first kappa shape index (κ1) is 12.2. The summed E-state index contributed by atoms with van der Waals surface area (Å²) in [5.74, 6) is 0.512.